The van der Waals surface area contributed by atoms with Crippen LogP contribution in [0.3, 0.4) is 0 Å². The molecule has 0 bridgehead atoms. The molecule has 1 rings (SSSR count). The molecule has 0 N–H and O–H groups in total. The molecule has 0 amide bonds. The Hall–Kier alpha value is -1.18. The van der Waals surface area contributed by atoms with Crippen LogP contribution in [0.1, 0.15) is 5.56 Å². The molecule has 0 aliphatic heterocycles. The van der Waals surface area contributed by atoms with Crippen molar-refractivity contribution in [2.24, 2.45) is 0 Å². The number of rotatable bonds is 1. The zero-order valence-corrected chi connectivity index (χ0v) is 5.14. The van der Waals surface area contributed by atoms with Gasteiger partial charge in [0.15, 0.2) is 0 Å². The molecule has 51 valence electrons. The van der Waals surface area contributed by atoms with Gasteiger partial charge in [0.1, 0.15) is 11.6 Å². The van der Waals surface area contributed by atoms with Gasteiger partial charge in [-0.2, -0.15) is 0 Å². The lowest BCUT2D eigenvalue weighted by molar-refractivity contribution is 0.579. The van der Waals surface area contributed by atoms with E-state index in [-0.39, 0.29) is 5.56 Å². The van der Waals surface area contributed by atoms with E-state index in [9.17, 15) is 8.78 Å². The summed E-state index contributed by atoms with van der Waals surface area (Å²) in [5.41, 5.74) is -0.178. The third-order valence-corrected chi connectivity index (χ3v) is 1.17. The molecule has 10 heavy (non-hydrogen) atoms. The highest BCUT2D eigenvalue weighted by atomic mass is 19.1. The van der Waals surface area contributed by atoms with Gasteiger partial charge in [0, 0.05) is 5.56 Å². The fourth-order valence-electron chi connectivity index (χ4n) is 0.670. The van der Waals surface area contributed by atoms with Crippen LogP contribution in [0, 0.1) is 18.2 Å². The monoisotopic (exact) mass is 139 g/mol. The number of hydrogen-bond acceptors (Lipinski definition) is 0. The van der Waals surface area contributed by atoms with Crippen LogP contribution >= 0.6 is 0 Å². The molecule has 2 heteroatoms. The second-order valence-corrected chi connectivity index (χ2v) is 1.80. The third kappa shape index (κ3) is 1.05. The Morgan fingerprint density at radius 3 is 2.00 bits per heavy atom. The van der Waals surface area contributed by atoms with Gasteiger partial charge in [-0.05, 0) is 18.2 Å². The lowest BCUT2D eigenvalue weighted by Gasteiger charge is -1.95. The molecule has 0 spiro atoms. The normalized spacial score (nSPS) is 9.40. The van der Waals surface area contributed by atoms with Crippen molar-refractivity contribution in [1.29, 1.82) is 0 Å². The minimum atomic E-state index is -0.637. The van der Waals surface area contributed by atoms with E-state index in [0.717, 1.165) is 18.2 Å². The summed E-state index contributed by atoms with van der Waals surface area (Å²) in [6.45, 7) is 4.95. The standard InChI is InChI=1S/C8H5F2/c1-2-6-7(9)4-3-5-8(6)10/h1-5H. The number of hydrogen-bond donors (Lipinski definition) is 0. The average Bonchev–Trinajstić information content (AvgIpc) is 1.88. The van der Waals surface area contributed by atoms with E-state index in [4.69, 9.17) is 6.58 Å². The third-order valence-electron chi connectivity index (χ3n) is 1.17. The molecule has 0 aliphatic rings. The van der Waals surface area contributed by atoms with E-state index < -0.39 is 11.6 Å². The Morgan fingerprint density at radius 1 is 1.20 bits per heavy atom. The zero-order valence-electron chi connectivity index (χ0n) is 5.14. The van der Waals surface area contributed by atoms with E-state index in [2.05, 4.69) is 0 Å². The van der Waals surface area contributed by atoms with Gasteiger partial charge in [-0.1, -0.05) is 12.6 Å². The predicted molar refractivity (Wildman–Crippen MR) is 35.1 cm³/mol. The van der Waals surface area contributed by atoms with Crippen LogP contribution in [0.2, 0.25) is 0 Å². The Balaban J connectivity index is 3.30. The SMILES string of the molecule is [CH]=Cc1c(F)cccc1F. The van der Waals surface area contributed by atoms with Crippen molar-refractivity contribution in [2.75, 3.05) is 0 Å². The summed E-state index contributed by atoms with van der Waals surface area (Å²) < 4.78 is 25.0. The van der Waals surface area contributed by atoms with Crippen LogP contribution in [0.5, 0.6) is 0 Å². The van der Waals surface area contributed by atoms with Gasteiger partial charge in [0.25, 0.3) is 0 Å². The molecule has 0 saturated carbocycles. The second-order valence-electron chi connectivity index (χ2n) is 1.80. The van der Waals surface area contributed by atoms with Gasteiger partial charge in [-0.3, -0.25) is 0 Å². The predicted octanol–water partition coefficient (Wildman–Crippen LogP) is 2.41. The Bertz CT molecular complexity index is 233. The molecule has 1 aromatic rings. The first-order chi connectivity index (χ1) is 4.75. The van der Waals surface area contributed by atoms with Crippen molar-refractivity contribution in [3.63, 3.8) is 0 Å². The molecule has 0 aromatic heterocycles. The van der Waals surface area contributed by atoms with Crippen LogP contribution in [0.15, 0.2) is 18.2 Å². The Morgan fingerprint density at radius 2 is 1.70 bits per heavy atom. The highest BCUT2D eigenvalue weighted by Crippen LogP contribution is 2.11. The molecule has 0 nitrogen and oxygen atoms in total. The fraction of sp³-hybridized carbons (Fsp3) is 0. The van der Waals surface area contributed by atoms with E-state index >= 15 is 0 Å². The summed E-state index contributed by atoms with van der Waals surface area (Å²) in [7, 11) is 0. The van der Waals surface area contributed by atoms with Crippen molar-refractivity contribution in [3.8, 4) is 0 Å². The van der Waals surface area contributed by atoms with E-state index in [1.54, 1.807) is 0 Å². The summed E-state index contributed by atoms with van der Waals surface area (Å²) in [6, 6.07) is 3.60. The molecular formula is C8H5F2. The van der Waals surface area contributed by atoms with Gasteiger partial charge in [0.05, 0.1) is 0 Å². The molecule has 0 unspecified atom stereocenters. The molecule has 0 heterocycles. The minimum absolute atomic E-state index is 0.178. The van der Waals surface area contributed by atoms with Crippen molar-refractivity contribution >= 4 is 6.08 Å². The minimum Gasteiger partial charge on any atom is -0.206 e. The van der Waals surface area contributed by atoms with Crippen LogP contribution in [0.4, 0.5) is 8.78 Å². The van der Waals surface area contributed by atoms with Gasteiger partial charge >= 0.3 is 0 Å². The Kier molecular flexibility index (Phi) is 1.81. The van der Waals surface area contributed by atoms with Gasteiger partial charge in [0.2, 0.25) is 0 Å². The summed E-state index contributed by atoms with van der Waals surface area (Å²) in [6.07, 6.45) is 0.907. The van der Waals surface area contributed by atoms with Crippen molar-refractivity contribution in [1.82, 2.24) is 0 Å². The molecule has 1 radical (unpaired) electrons. The van der Waals surface area contributed by atoms with Crippen molar-refractivity contribution in [2.45, 2.75) is 0 Å². The second kappa shape index (κ2) is 2.60. The average molecular weight is 139 g/mol. The summed E-state index contributed by atoms with van der Waals surface area (Å²) in [4.78, 5) is 0. The lowest BCUT2D eigenvalue weighted by atomic mass is 10.2. The van der Waals surface area contributed by atoms with E-state index in [1.807, 2.05) is 0 Å². The number of benzene rings is 1. The van der Waals surface area contributed by atoms with Crippen LogP contribution in [-0.4, -0.2) is 0 Å². The summed E-state index contributed by atoms with van der Waals surface area (Å²) in [5, 5.41) is 0. The maximum atomic E-state index is 12.5. The molecular weight excluding hydrogens is 134 g/mol. The van der Waals surface area contributed by atoms with Crippen LogP contribution in [0.25, 0.3) is 6.08 Å². The summed E-state index contributed by atoms with van der Waals surface area (Å²) in [5.74, 6) is -1.27. The van der Waals surface area contributed by atoms with Gasteiger partial charge in [-0.25, -0.2) is 8.78 Å². The quantitative estimate of drug-likeness (QED) is 0.560. The topological polar surface area (TPSA) is 0 Å². The van der Waals surface area contributed by atoms with Crippen molar-refractivity contribution in [3.05, 3.63) is 42.0 Å². The highest BCUT2D eigenvalue weighted by Gasteiger charge is 2.01. The van der Waals surface area contributed by atoms with E-state index in [1.165, 1.54) is 6.07 Å². The maximum Gasteiger partial charge on any atom is 0.133 e. The van der Waals surface area contributed by atoms with E-state index in [0.29, 0.717) is 0 Å². The first-order valence-electron chi connectivity index (χ1n) is 2.74. The first kappa shape index (κ1) is 6.93. The lowest BCUT2D eigenvalue weighted by Crippen LogP contribution is -1.85. The Labute approximate surface area is 57.8 Å². The largest absolute Gasteiger partial charge is 0.206 e. The van der Waals surface area contributed by atoms with Gasteiger partial charge < -0.3 is 0 Å². The zero-order chi connectivity index (χ0) is 7.56. The molecule has 0 saturated heterocycles. The van der Waals surface area contributed by atoms with Crippen LogP contribution < -0.4 is 0 Å². The summed E-state index contributed by atoms with van der Waals surface area (Å²) >= 11 is 0. The first-order valence-corrected chi connectivity index (χ1v) is 2.74. The smallest absolute Gasteiger partial charge is 0.133 e. The molecule has 1 aromatic carbocycles. The molecule has 0 fully saturated rings. The van der Waals surface area contributed by atoms with Gasteiger partial charge in [-0.15, -0.1) is 0 Å². The molecule has 0 atom stereocenters. The number of halogens is 2. The highest BCUT2D eigenvalue weighted by molar-refractivity contribution is 5.46. The maximum absolute atomic E-state index is 12.5. The van der Waals surface area contributed by atoms with Crippen LogP contribution in [-0.2, 0) is 0 Å². The fourth-order valence-corrected chi connectivity index (χ4v) is 0.670. The van der Waals surface area contributed by atoms with Crippen molar-refractivity contribution < 1.29 is 8.78 Å². The molecule has 0 aliphatic carbocycles.